The van der Waals surface area contributed by atoms with E-state index in [1.807, 2.05) is 25.1 Å². The van der Waals surface area contributed by atoms with Crippen molar-refractivity contribution in [1.82, 2.24) is 4.98 Å². The summed E-state index contributed by atoms with van der Waals surface area (Å²) < 4.78 is 5.49. The van der Waals surface area contributed by atoms with Crippen LogP contribution in [0.2, 0.25) is 0 Å². The van der Waals surface area contributed by atoms with Gasteiger partial charge in [0.25, 0.3) is 5.91 Å². The molecule has 5 nitrogen and oxygen atoms in total. The first-order valence-electron chi connectivity index (χ1n) is 7.31. The number of nitrogens with one attached hydrogen (secondary N) is 1. The summed E-state index contributed by atoms with van der Waals surface area (Å²) in [7, 11) is 0. The van der Waals surface area contributed by atoms with Gasteiger partial charge in [0.15, 0.2) is 0 Å². The molecule has 0 atom stereocenters. The van der Waals surface area contributed by atoms with Gasteiger partial charge in [-0.2, -0.15) is 0 Å². The van der Waals surface area contributed by atoms with Crippen LogP contribution in [0.25, 0.3) is 10.9 Å². The lowest BCUT2D eigenvalue weighted by molar-refractivity contribution is 0.102. The molecule has 0 unspecified atom stereocenters. The third kappa shape index (κ3) is 3.08. The zero-order chi connectivity index (χ0) is 16.2. The van der Waals surface area contributed by atoms with Crippen LogP contribution in [0, 0.1) is 0 Å². The van der Waals surface area contributed by atoms with Crippen LogP contribution in [0.15, 0.2) is 54.6 Å². The van der Waals surface area contributed by atoms with Crippen molar-refractivity contribution in [3.8, 4) is 11.5 Å². The largest absolute Gasteiger partial charge is 0.506 e. The zero-order valence-corrected chi connectivity index (χ0v) is 12.6. The molecule has 0 aliphatic carbocycles. The number of hydrogen-bond acceptors (Lipinski definition) is 4. The van der Waals surface area contributed by atoms with Gasteiger partial charge in [-0.05, 0) is 31.2 Å². The molecule has 0 bridgehead atoms. The molecule has 0 radical (unpaired) electrons. The smallest absolute Gasteiger partial charge is 0.274 e. The van der Waals surface area contributed by atoms with Crippen molar-refractivity contribution in [3.63, 3.8) is 0 Å². The SMILES string of the molecule is CCOc1ccccc1NC(=O)c1ccc2cccc(O)c2n1. The summed E-state index contributed by atoms with van der Waals surface area (Å²) in [6, 6.07) is 15.7. The number of para-hydroxylation sites is 3. The summed E-state index contributed by atoms with van der Waals surface area (Å²) in [5.74, 6) is 0.293. The Bertz CT molecular complexity index is 862. The van der Waals surface area contributed by atoms with E-state index < -0.39 is 0 Å². The Balaban J connectivity index is 1.91. The number of benzene rings is 2. The van der Waals surface area contributed by atoms with Gasteiger partial charge < -0.3 is 15.2 Å². The highest BCUT2D eigenvalue weighted by Crippen LogP contribution is 2.25. The maximum Gasteiger partial charge on any atom is 0.274 e. The quantitative estimate of drug-likeness (QED) is 0.772. The minimum absolute atomic E-state index is 0.0480. The van der Waals surface area contributed by atoms with Crippen molar-refractivity contribution >= 4 is 22.5 Å². The maximum absolute atomic E-state index is 12.4. The van der Waals surface area contributed by atoms with E-state index in [4.69, 9.17) is 4.74 Å². The molecule has 0 saturated carbocycles. The second kappa shape index (κ2) is 6.36. The number of aromatic hydroxyl groups is 1. The molecule has 0 saturated heterocycles. The van der Waals surface area contributed by atoms with E-state index in [1.165, 1.54) is 0 Å². The molecule has 0 aliphatic heterocycles. The lowest BCUT2D eigenvalue weighted by Gasteiger charge is -2.11. The summed E-state index contributed by atoms with van der Waals surface area (Å²) in [5, 5.41) is 13.4. The van der Waals surface area contributed by atoms with Gasteiger partial charge in [-0.1, -0.05) is 30.3 Å². The molecule has 5 heteroatoms. The maximum atomic E-state index is 12.4. The average molecular weight is 308 g/mol. The standard InChI is InChI=1S/C18H16N2O3/c1-2-23-16-9-4-3-7-13(16)20-18(22)14-11-10-12-6-5-8-15(21)17(12)19-14/h3-11,21H,2H2,1H3,(H,20,22). The third-order valence-corrected chi connectivity index (χ3v) is 3.37. The molecule has 2 N–H and O–H groups in total. The number of aromatic nitrogens is 1. The molecule has 3 aromatic rings. The number of anilines is 1. The Labute approximate surface area is 133 Å². The van der Waals surface area contributed by atoms with Crippen LogP contribution in [-0.4, -0.2) is 22.6 Å². The molecule has 1 heterocycles. The van der Waals surface area contributed by atoms with Gasteiger partial charge in [0.2, 0.25) is 0 Å². The molecule has 0 fully saturated rings. The lowest BCUT2D eigenvalue weighted by Crippen LogP contribution is -2.14. The first-order valence-corrected chi connectivity index (χ1v) is 7.31. The van der Waals surface area contributed by atoms with Crippen LogP contribution < -0.4 is 10.1 Å². The number of fused-ring (bicyclic) bond motifs is 1. The van der Waals surface area contributed by atoms with Gasteiger partial charge in [-0.25, -0.2) is 4.98 Å². The molecule has 1 amide bonds. The van der Waals surface area contributed by atoms with Crippen molar-refractivity contribution in [1.29, 1.82) is 0 Å². The molecule has 3 rings (SSSR count). The Morgan fingerprint density at radius 1 is 1.13 bits per heavy atom. The fourth-order valence-corrected chi connectivity index (χ4v) is 2.30. The number of nitrogens with zero attached hydrogens (tertiary/aromatic N) is 1. The number of pyridine rings is 1. The summed E-state index contributed by atoms with van der Waals surface area (Å²) in [6.07, 6.45) is 0. The number of rotatable bonds is 4. The van der Waals surface area contributed by atoms with Crippen LogP contribution in [0.5, 0.6) is 11.5 Å². The Morgan fingerprint density at radius 2 is 1.96 bits per heavy atom. The van der Waals surface area contributed by atoms with E-state index >= 15 is 0 Å². The Hall–Kier alpha value is -3.08. The number of hydrogen-bond donors (Lipinski definition) is 2. The van der Waals surface area contributed by atoms with Gasteiger partial charge in [0.05, 0.1) is 12.3 Å². The lowest BCUT2D eigenvalue weighted by atomic mass is 10.2. The Morgan fingerprint density at radius 3 is 2.78 bits per heavy atom. The summed E-state index contributed by atoms with van der Waals surface area (Å²) in [6.45, 7) is 2.39. The first kappa shape index (κ1) is 14.8. The van der Waals surface area contributed by atoms with Gasteiger partial charge in [0.1, 0.15) is 22.7 Å². The molecule has 2 aromatic carbocycles. The molecule has 1 aromatic heterocycles. The predicted octanol–water partition coefficient (Wildman–Crippen LogP) is 3.59. The Kier molecular flexibility index (Phi) is 4.10. The average Bonchev–Trinajstić information content (AvgIpc) is 2.57. The molecule has 116 valence electrons. The topological polar surface area (TPSA) is 71.5 Å². The highest BCUT2D eigenvalue weighted by molar-refractivity contribution is 6.05. The molecular weight excluding hydrogens is 292 g/mol. The second-order valence-corrected chi connectivity index (χ2v) is 4.93. The van der Waals surface area contributed by atoms with Gasteiger partial charge in [0, 0.05) is 5.39 Å². The van der Waals surface area contributed by atoms with E-state index in [-0.39, 0.29) is 17.4 Å². The molecule has 0 aliphatic rings. The fourth-order valence-electron chi connectivity index (χ4n) is 2.30. The van der Waals surface area contributed by atoms with Crippen molar-refractivity contribution in [2.45, 2.75) is 6.92 Å². The van der Waals surface area contributed by atoms with Crippen LogP contribution in [0.4, 0.5) is 5.69 Å². The zero-order valence-electron chi connectivity index (χ0n) is 12.6. The van der Waals surface area contributed by atoms with E-state index in [1.54, 1.807) is 36.4 Å². The van der Waals surface area contributed by atoms with E-state index in [0.29, 0.717) is 23.6 Å². The van der Waals surface area contributed by atoms with E-state index in [2.05, 4.69) is 10.3 Å². The second-order valence-electron chi connectivity index (χ2n) is 4.93. The summed E-state index contributed by atoms with van der Waals surface area (Å²) in [5.41, 5.74) is 1.21. The van der Waals surface area contributed by atoms with Gasteiger partial charge in [-0.3, -0.25) is 4.79 Å². The molecular formula is C18H16N2O3. The number of phenolic OH excluding ortho intramolecular Hbond substituents is 1. The number of ether oxygens (including phenoxy) is 1. The van der Waals surface area contributed by atoms with E-state index in [9.17, 15) is 9.90 Å². The van der Waals surface area contributed by atoms with Crippen LogP contribution >= 0.6 is 0 Å². The van der Waals surface area contributed by atoms with Crippen molar-refractivity contribution in [3.05, 3.63) is 60.3 Å². The summed E-state index contributed by atoms with van der Waals surface area (Å²) in [4.78, 5) is 16.7. The van der Waals surface area contributed by atoms with Crippen molar-refractivity contribution < 1.29 is 14.6 Å². The van der Waals surface area contributed by atoms with Gasteiger partial charge in [-0.15, -0.1) is 0 Å². The van der Waals surface area contributed by atoms with Gasteiger partial charge >= 0.3 is 0 Å². The monoisotopic (exact) mass is 308 g/mol. The minimum atomic E-state index is -0.359. The van der Waals surface area contributed by atoms with Crippen molar-refractivity contribution in [2.24, 2.45) is 0 Å². The molecule has 0 spiro atoms. The number of amides is 1. The van der Waals surface area contributed by atoms with Crippen LogP contribution in [0.1, 0.15) is 17.4 Å². The first-order chi connectivity index (χ1) is 11.2. The van der Waals surface area contributed by atoms with Crippen molar-refractivity contribution in [2.75, 3.05) is 11.9 Å². The van der Waals surface area contributed by atoms with Crippen LogP contribution in [0.3, 0.4) is 0 Å². The summed E-state index contributed by atoms with van der Waals surface area (Å²) >= 11 is 0. The van der Waals surface area contributed by atoms with E-state index in [0.717, 1.165) is 5.39 Å². The number of carbonyl (C=O) groups is 1. The predicted molar refractivity (Wildman–Crippen MR) is 89.0 cm³/mol. The van der Waals surface area contributed by atoms with Crippen LogP contribution in [-0.2, 0) is 0 Å². The third-order valence-electron chi connectivity index (χ3n) is 3.37. The highest BCUT2D eigenvalue weighted by Gasteiger charge is 2.12. The minimum Gasteiger partial charge on any atom is -0.506 e. The highest BCUT2D eigenvalue weighted by atomic mass is 16.5. The number of phenols is 1. The fraction of sp³-hybridized carbons (Fsp3) is 0.111. The molecule has 23 heavy (non-hydrogen) atoms. The number of carbonyl (C=O) groups excluding carboxylic acids is 1. The normalized spacial score (nSPS) is 10.5.